The number of thiazole rings is 1. The van der Waals surface area contributed by atoms with Gasteiger partial charge in [-0.1, -0.05) is 17.4 Å². The van der Waals surface area contributed by atoms with E-state index in [0.29, 0.717) is 50.8 Å². The number of aromatic amines is 1. The van der Waals surface area contributed by atoms with E-state index in [1.165, 1.54) is 0 Å². The van der Waals surface area contributed by atoms with E-state index in [9.17, 15) is 29.1 Å². The molecule has 6 unspecified atom stereocenters. The first kappa shape index (κ1) is 28.4. The van der Waals surface area contributed by atoms with Crippen molar-refractivity contribution in [1.82, 2.24) is 14.8 Å². The van der Waals surface area contributed by atoms with E-state index in [0.717, 1.165) is 31.7 Å². The molecule has 228 valence electrons. The lowest BCUT2D eigenvalue weighted by molar-refractivity contribution is -0.149. The summed E-state index contributed by atoms with van der Waals surface area (Å²) >= 11 is 2.72. The van der Waals surface area contributed by atoms with Gasteiger partial charge < -0.3 is 29.2 Å². The number of hydrogen-bond acceptors (Lipinski definition) is 10. The Kier molecular flexibility index (Phi) is 7.25. The highest BCUT2D eigenvalue weighted by Gasteiger charge is 2.69. The van der Waals surface area contributed by atoms with Crippen LogP contribution in [0.15, 0.2) is 28.0 Å². The van der Waals surface area contributed by atoms with Crippen LogP contribution in [0.4, 0.5) is 0 Å². The van der Waals surface area contributed by atoms with Crippen LogP contribution in [0, 0.1) is 29.6 Å². The molecule has 7 rings (SSSR count). The molecule has 12 nitrogen and oxygen atoms in total. The van der Waals surface area contributed by atoms with Crippen molar-refractivity contribution in [2.75, 3.05) is 46.1 Å². The Balaban J connectivity index is 1.21. The summed E-state index contributed by atoms with van der Waals surface area (Å²) in [6.07, 6.45) is 0.703. The van der Waals surface area contributed by atoms with Gasteiger partial charge in [0.05, 0.1) is 36.7 Å². The largest absolute Gasteiger partial charge is 0.490 e. The number of carboxylic acids is 1. The van der Waals surface area contributed by atoms with E-state index in [4.69, 9.17) is 14.2 Å². The van der Waals surface area contributed by atoms with Crippen LogP contribution in [0.5, 0.6) is 11.5 Å². The Morgan fingerprint density at radius 2 is 1.81 bits per heavy atom. The van der Waals surface area contributed by atoms with Gasteiger partial charge in [-0.15, -0.1) is 11.8 Å². The quantitative estimate of drug-likeness (QED) is 0.412. The molecule has 2 bridgehead atoms. The van der Waals surface area contributed by atoms with E-state index < -0.39 is 36.2 Å². The number of morpholine rings is 1. The van der Waals surface area contributed by atoms with E-state index in [-0.39, 0.29) is 46.3 Å². The van der Waals surface area contributed by atoms with Crippen molar-refractivity contribution in [2.24, 2.45) is 29.6 Å². The molecule has 5 aliphatic rings. The summed E-state index contributed by atoms with van der Waals surface area (Å²) in [6, 6.07) is 5.60. The summed E-state index contributed by atoms with van der Waals surface area (Å²) in [7, 11) is 0. The van der Waals surface area contributed by atoms with Crippen molar-refractivity contribution in [1.29, 1.82) is 0 Å². The third-order valence-corrected chi connectivity index (χ3v) is 12.0. The number of benzene rings is 1. The maximum absolute atomic E-state index is 13.4. The number of nitrogens with zero attached hydrogens (tertiary/aromatic N) is 2. The smallest absolute Gasteiger partial charge is 0.323 e. The number of carbonyl (C=O) groups is 4. The molecule has 14 heteroatoms. The average Bonchev–Trinajstić information content (AvgIpc) is 3.73. The van der Waals surface area contributed by atoms with Gasteiger partial charge in [-0.25, -0.2) is 0 Å². The van der Waals surface area contributed by atoms with E-state index in [1.807, 2.05) is 19.1 Å². The Bertz CT molecular complexity index is 1550. The molecule has 0 spiro atoms. The van der Waals surface area contributed by atoms with Gasteiger partial charge in [0, 0.05) is 29.1 Å². The van der Waals surface area contributed by atoms with E-state index in [1.54, 1.807) is 22.7 Å². The van der Waals surface area contributed by atoms with Crippen LogP contribution in [-0.2, 0) is 23.9 Å². The van der Waals surface area contributed by atoms with Crippen molar-refractivity contribution in [3.63, 3.8) is 0 Å². The number of nitrogens with one attached hydrogen (secondary N) is 1. The Morgan fingerprint density at radius 1 is 1.07 bits per heavy atom. The SMILES string of the molecule is CCOc1cc([C@H]2c3sc(=O)[nH]c3SC3C4CC(C5C(=O)N(CC(=O)O)C(=O)C45)C32)ccc1OCC(=O)N1CCOCC1. The molecule has 2 saturated carbocycles. The van der Waals surface area contributed by atoms with Gasteiger partial charge in [-0.3, -0.25) is 28.9 Å². The minimum absolute atomic E-state index is 0.0202. The van der Waals surface area contributed by atoms with Crippen molar-refractivity contribution in [2.45, 2.75) is 29.5 Å². The normalized spacial score (nSPS) is 30.7. The van der Waals surface area contributed by atoms with Crippen LogP contribution in [0.3, 0.4) is 0 Å². The number of ether oxygens (including phenoxy) is 3. The maximum atomic E-state index is 13.4. The number of fused-ring (bicyclic) bond motifs is 9. The molecule has 1 aromatic heterocycles. The van der Waals surface area contributed by atoms with Crippen molar-refractivity contribution >= 4 is 46.8 Å². The monoisotopic (exact) mass is 629 g/mol. The summed E-state index contributed by atoms with van der Waals surface area (Å²) in [5.74, 6) is -2.81. The molecule has 2 N–H and O–H groups in total. The van der Waals surface area contributed by atoms with Gasteiger partial charge in [0.1, 0.15) is 6.54 Å². The fourth-order valence-electron chi connectivity index (χ4n) is 7.89. The number of carbonyl (C=O) groups excluding carboxylic acids is 3. The fraction of sp³-hybridized carbons (Fsp3) is 0.552. The average molecular weight is 630 g/mol. The molecule has 1 aromatic carbocycles. The molecule has 0 radical (unpaired) electrons. The van der Waals surface area contributed by atoms with Crippen molar-refractivity contribution < 1.29 is 38.5 Å². The van der Waals surface area contributed by atoms with Crippen molar-refractivity contribution in [3.8, 4) is 11.5 Å². The number of hydrogen-bond donors (Lipinski definition) is 2. The highest BCUT2D eigenvalue weighted by atomic mass is 32.2. The molecule has 43 heavy (non-hydrogen) atoms. The van der Waals surface area contributed by atoms with Gasteiger partial charge in [0.25, 0.3) is 5.91 Å². The topological polar surface area (TPSA) is 156 Å². The van der Waals surface area contributed by atoms with Crippen LogP contribution in [0.1, 0.15) is 29.7 Å². The zero-order chi connectivity index (χ0) is 30.0. The molecule has 2 saturated heterocycles. The summed E-state index contributed by atoms with van der Waals surface area (Å²) in [5.41, 5.74) is 0.894. The van der Waals surface area contributed by atoms with Crippen LogP contribution >= 0.6 is 23.1 Å². The molecule has 7 atom stereocenters. The van der Waals surface area contributed by atoms with Crippen LogP contribution in [0.25, 0.3) is 0 Å². The highest BCUT2D eigenvalue weighted by molar-refractivity contribution is 8.00. The number of amides is 3. The van der Waals surface area contributed by atoms with Gasteiger partial charge in [-0.05, 0) is 48.8 Å². The number of rotatable bonds is 8. The molecule has 3 amide bonds. The Hall–Kier alpha value is -3.36. The Labute approximate surface area is 254 Å². The first-order valence-electron chi connectivity index (χ1n) is 14.5. The lowest BCUT2D eigenvalue weighted by Crippen LogP contribution is -2.43. The van der Waals surface area contributed by atoms with Gasteiger partial charge in [0.15, 0.2) is 18.1 Å². The molecular weight excluding hydrogens is 598 g/mol. The standard InChI is InChI=1S/C29H31N3O9S2/c1-2-40-17-9-13(3-4-16(17)41-12-18(33)31-5-7-39-8-6-31)20-21-14-10-15(24(21)42-26-25(20)43-29(38)30-26)23-22(14)27(36)32(28(23)37)11-19(34)35/h3-4,9,14-15,20-24H,2,5-8,10-12H2,1H3,(H,30,38)(H,34,35)/t14?,15?,20-,21?,22?,23?,24?/m1/s1. The fourth-order valence-corrected chi connectivity index (χ4v) is 10.8. The third-order valence-electron chi connectivity index (χ3n) is 9.45. The van der Waals surface area contributed by atoms with Crippen LogP contribution in [-0.4, -0.2) is 94.9 Å². The first-order chi connectivity index (χ1) is 20.8. The number of aliphatic carboxylic acids is 1. The second kappa shape index (κ2) is 11.0. The van der Waals surface area contributed by atoms with Gasteiger partial charge >= 0.3 is 10.8 Å². The second-order valence-corrected chi connectivity index (χ2v) is 13.7. The molecule has 2 aromatic rings. The van der Waals surface area contributed by atoms with Crippen molar-refractivity contribution in [3.05, 3.63) is 38.3 Å². The first-order valence-corrected chi connectivity index (χ1v) is 16.2. The predicted octanol–water partition coefficient (Wildman–Crippen LogP) is 1.63. The summed E-state index contributed by atoms with van der Waals surface area (Å²) < 4.78 is 17.2. The summed E-state index contributed by atoms with van der Waals surface area (Å²) in [4.78, 5) is 69.7. The molecule has 2 aliphatic carbocycles. The number of imide groups is 1. The number of aromatic nitrogens is 1. The highest BCUT2D eigenvalue weighted by Crippen LogP contribution is 2.68. The number of H-pyrrole nitrogens is 1. The molecule has 3 aliphatic heterocycles. The van der Waals surface area contributed by atoms with Crippen LogP contribution < -0.4 is 14.3 Å². The molecule has 4 fully saturated rings. The number of thioether (sulfide) groups is 1. The summed E-state index contributed by atoms with van der Waals surface area (Å²) in [6.45, 7) is 3.53. The lowest BCUT2D eigenvalue weighted by atomic mass is 9.68. The third kappa shape index (κ3) is 4.65. The molecule has 4 heterocycles. The predicted molar refractivity (Wildman–Crippen MR) is 153 cm³/mol. The maximum Gasteiger partial charge on any atom is 0.323 e. The lowest BCUT2D eigenvalue weighted by Gasteiger charge is -2.43. The molecular formula is C29H31N3O9S2. The zero-order valence-electron chi connectivity index (χ0n) is 23.4. The minimum Gasteiger partial charge on any atom is -0.490 e. The second-order valence-electron chi connectivity index (χ2n) is 11.5. The number of carboxylic acid groups (broad SMARTS) is 1. The zero-order valence-corrected chi connectivity index (χ0v) is 25.0. The van der Waals surface area contributed by atoms with Crippen LogP contribution in [0.2, 0.25) is 0 Å². The Morgan fingerprint density at radius 3 is 2.53 bits per heavy atom. The van der Waals surface area contributed by atoms with E-state index in [2.05, 4.69) is 4.98 Å². The minimum atomic E-state index is -1.21. The van der Waals surface area contributed by atoms with Gasteiger partial charge in [-0.2, -0.15) is 0 Å². The number of likely N-dealkylation sites (tertiary alicyclic amines) is 1. The van der Waals surface area contributed by atoms with E-state index >= 15 is 0 Å². The van der Waals surface area contributed by atoms with Gasteiger partial charge in [0.2, 0.25) is 11.8 Å². The summed E-state index contributed by atoms with van der Waals surface area (Å²) in [5, 5.41) is 10.1.